The van der Waals surface area contributed by atoms with E-state index in [9.17, 15) is 5.11 Å². The molecule has 122 valence electrons. The Labute approximate surface area is 131 Å². The van der Waals surface area contributed by atoms with Crippen LogP contribution in [0.5, 0.6) is 0 Å². The summed E-state index contributed by atoms with van der Waals surface area (Å²) in [6, 6.07) is 0. The van der Waals surface area contributed by atoms with Gasteiger partial charge in [-0.1, -0.05) is 41.0 Å². The average molecular weight is 293 g/mol. The molecule has 0 aromatic rings. The summed E-state index contributed by atoms with van der Waals surface area (Å²) < 4.78 is 0. The minimum absolute atomic E-state index is 0.0500. The predicted octanol–water partition coefficient (Wildman–Crippen LogP) is 5.27. The van der Waals surface area contributed by atoms with Crippen molar-refractivity contribution in [2.45, 2.75) is 85.7 Å². The molecule has 1 heteroatoms. The van der Waals surface area contributed by atoms with Crippen molar-refractivity contribution in [1.82, 2.24) is 0 Å². The number of rotatable bonds is 0. The zero-order valence-electron chi connectivity index (χ0n) is 14.9. The van der Waals surface area contributed by atoms with Gasteiger partial charge in [-0.25, -0.2) is 0 Å². The molecule has 0 radical (unpaired) electrons. The van der Waals surface area contributed by atoms with E-state index < -0.39 is 0 Å². The summed E-state index contributed by atoms with van der Waals surface area (Å²) in [4.78, 5) is 0. The van der Waals surface area contributed by atoms with E-state index in [1.807, 2.05) is 0 Å². The molecular weight excluding hydrogens is 256 g/mol. The lowest BCUT2D eigenvalue weighted by Crippen LogP contribution is -2.50. The van der Waals surface area contributed by atoms with Crippen molar-refractivity contribution in [2.24, 2.45) is 40.4 Å². The van der Waals surface area contributed by atoms with Crippen LogP contribution in [0, 0.1) is 40.4 Å². The molecule has 1 N–H and O–H groups in total. The van der Waals surface area contributed by atoms with Crippen molar-refractivity contribution in [2.75, 3.05) is 0 Å². The SMILES string of the molecule is C[C@@H]1CC(O)C[C@]2(C)CC[C@H]3[C@H](C)CC[C@@H](C[C@H]12)C3(C)C. The zero-order chi connectivity index (χ0) is 15.4. The highest BCUT2D eigenvalue weighted by Crippen LogP contribution is 2.60. The molecular formula is C20H36O. The molecule has 0 saturated heterocycles. The summed E-state index contributed by atoms with van der Waals surface area (Å²) >= 11 is 0. The van der Waals surface area contributed by atoms with Crippen LogP contribution in [0.25, 0.3) is 0 Å². The molecule has 0 aromatic heterocycles. The monoisotopic (exact) mass is 292 g/mol. The number of hydrogen-bond acceptors (Lipinski definition) is 1. The van der Waals surface area contributed by atoms with Gasteiger partial charge in [0.25, 0.3) is 0 Å². The Morgan fingerprint density at radius 1 is 0.857 bits per heavy atom. The average Bonchev–Trinajstić information content (AvgIpc) is 2.34. The van der Waals surface area contributed by atoms with Crippen LogP contribution in [0.2, 0.25) is 0 Å². The van der Waals surface area contributed by atoms with Gasteiger partial charge in [0.1, 0.15) is 0 Å². The zero-order valence-corrected chi connectivity index (χ0v) is 14.9. The van der Waals surface area contributed by atoms with E-state index in [0.717, 1.165) is 36.5 Å². The van der Waals surface area contributed by atoms with Crippen LogP contribution in [0.3, 0.4) is 0 Å². The Morgan fingerprint density at radius 3 is 2.29 bits per heavy atom. The van der Waals surface area contributed by atoms with Gasteiger partial charge < -0.3 is 5.11 Å². The van der Waals surface area contributed by atoms with E-state index >= 15 is 0 Å². The quantitative estimate of drug-likeness (QED) is 0.644. The fourth-order valence-corrected chi connectivity index (χ4v) is 6.80. The third-order valence-electron chi connectivity index (χ3n) is 8.16. The van der Waals surface area contributed by atoms with E-state index in [2.05, 4.69) is 34.6 Å². The Kier molecular flexibility index (Phi) is 3.96. The Bertz CT molecular complexity index is 387. The highest BCUT2D eigenvalue weighted by molar-refractivity contribution is 5.01. The minimum Gasteiger partial charge on any atom is -0.393 e. The molecule has 21 heavy (non-hydrogen) atoms. The molecule has 1 nitrogen and oxygen atoms in total. The summed E-state index contributed by atoms with van der Waals surface area (Å²) in [6.45, 7) is 12.5. The van der Waals surface area contributed by atoms with E-state index in [0.29, 0.717) is 16.7 Å². The second kappa shape index (κ2) is 5.25. The van der Waals surface area contributed by atoms with Crippen molar-refractivity contribution in [1.29, 1.82) is 0 Å². The molecule has 0 aliphatic heterocycles. The lowest BCUT2D eigenvalue weighted by Gasteiger charge is -2.57. The smallest absolute Gasteiger partial charge is 0.0548 e. The van der Waals surface area contributed by atoms with Gasteiger partial charge in [-0.05, 0) is 78.9 Å². The second-order valence-electron chi connectivity index (χ2n) is 9.79. The van der Waals surface area contributed by atoms with Crippen LogP contribution in [0.4, 0.5) is 0 Å². The molecule has 3 saturated carbocycles. The minimum atomic E-state index is -0.0500. The highest BCUT2D eigenvalue weighted by atomic mass is 16.3. The number of aliphatic hydroxyl groups excluding tert-OH is 1. The van der Waals surface area contributed by atoms with E-state index in [4.69, 9.17) is 0 Å². The van der Waals surface area contributed by atoms with Gasteiger partial charge in [0, 0.05) is 0 Å². The molecule has 0 amide bonds. The molecule has 1 unspecified atom stereocenters. The molecule has 3 aliphatic carbocycles. The van der Waals surface area contributed by atoms with Crippen LogP contribution in [-0.2, 0) is 0 Å². The lowest BCUT2D eigenvalue weighted by atomic mass is 9.48. The Balaban J connectivity index is 1.91. The van der Waals surface area contributed by atoms with Crippen molar-refractivity contribution in [3.05, 3.63) is 0 Å². The summed E-state index contributed by atoms with van der Waals surface area (Å²) in [5.41, 5.74) is 0.913. The molecule has 3 rings (SSSR count). The summed E-state index contributed by atoms with van der Waals surface area (Å²) in [6.07, 6.45) is 9.06. The van der Waals surface area contributed by atoms with E-state index in [1.54, 1.807) is 0 Å². The summed E-state index contributed by atoms with van der Waals surface area (Å²) in [5, 5.41) is 10.3. The van der Waals surface area contributed by atoms with Gasteiger partial charge in [0.05, 0.1) is 6.10 Å². The first-order chi connectivity index (χ1) is 9.74. The first-order valence-corrected chi connectivity index (χ1v) is 9.42. The molecule has 3 aliphatic rings. The first-order valence-electron chi connectivity index (χ1n) is 9.42. The van der Waals surface area contributed by atoms with Crippen molar-refractivity contribution in [3.63, 3.8) is 0 Å². The van der Waals surface area contributed by atoms with Gasteiger partial charge in [-0.2, -0.15) is 0 Å². The van der Waals surface area contributed by atoms with Gasteiger partial charge >= 0.3 is 0 Å². The molecule has 7 atom stereocenters. The number of aliphatic hydroxyl groups is 1. The van der Waals surface area contributed by atoms with Crippen LogP contribution in [-0.4, -0.2) is 11.2 Å². The van der Waals surface area contributed by atoms with Gasteiger partial charge in [-0.3, -0.25) is 0 Å². The van der Waals surface area contributed by atoms with Crippen molar-refractivity contribution >= 4 is 0 Å². The summed E-state index contributed by atoms with van der Waals surface area (Å²) in [7, 11) is 0. The normalized spacial score (nSPS) is 53.4. The van der Waals surface area contributed by atoms with Crippen molar-refractivity contribution in [3.8, 4) is 0 Å². The standard InChI is InChI=1S/C20H36O/c1-13-6-7-15-11-18-14(2)10-16(21)12-20(18,5)9-8-17(13)19(15,3)4/h13-18,21H,6-12H2,1-5H3/t13-,14-,15+,16?,17+,18-,20+/m1/s1. The Morgan fingerprint density at radius 2 is 1.57 bits per heavy atom. The highest BCUT2D eigenvalue weighted by Gasteiger charge is 2.51. The predicted molar refractivity (Wildman–Crippen MR) is 89.0 cm³/mol. The first kappa shape index (κ1) is 15.8. The lowest BCUT2D eigenvalue weighted by molar-refractivity contribution is -0.0935. The molecule has 3 fully saturated rings. The fourth-order valence-electron chi connectivity index (χ4n) is 6.80. The second-order valence-corrected chi connectivity index (χ2v) is 9.79. The fraction of sp³-hybridized carbons (Fsp3) is 1.00. The van der Waals surface area contributed by atoms with Gasteiger partial charge in [-0.15, -0.1) is 0 Å². The molecule has 0 aromatic carbocycles. The number of hydrogen-bond donors (Lipinski definition) is 1. The third kappa shape index (κ3) is 2.58. The van der Waals surface area contributed by atoms with Gasteiger partial charge in [0.15, 0.2) is 0 Å². The van der Waals surface area contributed by atoms with Crippen LogP contribution >= 0.6 is 0 Å². The maximum Gasteiger partial charge on any atom is 0.0548 e. The Hall–Kier alpha value is -0.0400. The third-order valence-corrected chi connectivity index (χ3v) is 8.16. The molecule has 0 heterocycles. The maximum absolute atomic E-state index is 10.3. The largest absolute Gasteiger partial charge is 0.393 e. The van der Waals surface area contributed by atoms with Crippen molar-refractivity contribution < 1.29 is 5.11 Å². The maximum atomic E-state index is 10.3. The van der Waals surface area contributed by atoms with Crippen LogP contribution < -0.4 is 0 Å². The molecule has 2 bridgehead atoms. The number of fused-ring (bicyclic) bond motifs is 3. The molecule has 0 spiro atoms. The van der Waals surface area contributed by atoms with Gasteiger partial charge in [0.2, 0.25) is 0 Å². The van der Waals surface area contributed by atoms with Crippen LogP contribution in [0.15, 0.2) is 0 Å². The topological polar surface area (TPSA) is 20.2 Å². The van der Waals surface area contributed by atoms with E-state index in [1.165, 1.54) is 32.1 Å². The van der Waals surface area contributed by atoms with E-state index in [-0.39, 0.29) is 6.10 Å². The summed E-state index contributed by atoms with van der Waals surface area (Å²) in [5.74, 6) is 4.22. The van der Waals surface area contributed by atoms with Crippen LogP contribution in [0.1, 0.15) is 79.6 Å².